The molecule has 7 heteroatoms. The predicted molar refractivity (Wildman–Crippen MR) is 148 cm³/mol. The summed E-state index contributed by atoms with van der Waals surface area (Å²) in [5.41, 5.74) is 4.25. The highest BCUT2D eigenvalue weighted by Crippen LogP contribution is 2.31. The van der Waals surface area contributed by atoms with Crippen molar-refractivity contribution in [3.05, 3.63) is 125 Å². The van der Waals surface area contributed by atoms with E-state index in [4.69, 9.17) is 9.56 Å². The van der Waals surface area contributed by atoms with Crippen LogP contribution in [0, 0.1) is 11.8 Å². The van der Waals surface area contributed by atoms with Crippen LogP contribution in [0.3, 0.4) is 0 Å². The molecule has 0 aliphatic rings. The lowest BCUT2D eigenvalue weighted by molar-refractivity contribution is 0.0955. The number of fused-ring (bicyclic) bond motifs is 1. The fraction of sp³-hybridized carbons (Fsp3) is 0.0645. The van der Waals surface area contributed by atoms with Gasteiger partial charge in [0.05, 0.1) is 10.5 Å². The molecule has 38 heavy (non-hydrogen) atoms. The van der Waals surface area contributed by atoms with Crippen LogP contribution in [0.25, 0.3) is 22.3 Å². The molecule has 0 radical (unpaired) electrons. The number of hydrogen-bond donors (Lipinski definition) is 2. The molecule has 3 N–H and O–H groups in total. The van der Waals surface area contributed by atoms with Crippen LogP contribution in [0.15, 0.2) is 112 Å². The molecule has 0 unspecified atom stereocenters. The molecule has 5 rings (SSSR count). The smallest absolute Gasteiger partial charge is 0.255 e. The molecule has 6 nitrogen and oxygen atoms in total. The minimum Gasteiger partial charge on any atom is -0.455 e. The number of carbonyl (C=O) groups is 1. The number of nitrogens with one attached hydrogen (secondary N) is 1. The molecule has 1 amide bonds. The van der Waals surface area contributed by atoms with Crippen molar-refractivity contribution in [3.63, 3.8) is 0 Å². The van der Waals surface area contributed by atoms with Crippen molar-refractivity contribution >= 4 is 26.9 Å². The van der Waals surface area contributed by atoms with Crippen molar-refractivity contribution in [1.29, 1.82) is 0 Å². The van der Waals surface area contributed by atoms with Crippen LogP contribution in [-0.2, 0) is 16.4 Å². The van der Waals surface area contributed by atoms with Crippen molar-refractivity contribution in [1.82, 2.24) is 5.32 Å². The Labute approximate surface area is 221 Å². The summed E-state index contributed by atoms with van der Waals surface area (Å²) in [5, 5.41) is 8.89. The van der Waals surface area contributed by atoms with Gasteiger partial charge in [0.2, 0.25) is 10.0 Å². The molecule has 0 fully saturated rings. The number of benzene rings is 4. The van der Waals surface area contributed by atoms with Crippen molar-refractivity contribution in [3.8, 4) is 23.2 Å². The van der Waals surface area contributed by atoms with Crippen LogP contribution in [-0.4, -0.2) is 20.9 Å². The summed E-state index contributed by atoms with van der Waals surface area (Å²) in [7, 11) is -3.75. The summed E-state index contributed by atoms with van der Waals surface area (Å²) in [6, 6.07) is 31.2. The van der Waals surface area contributed by atoms with Crippen molar-refractivity contribution in [2.45, 2.75) is 11.3 Å². The molecule has 0 aliphatic heterocycles. The Morgan fingerprint density at radius 1 is 0.816 bits per heavy atom. The Bertz CT molecular complexity index is 1760. The average molecular weight is 521 g/mol. The number of sulfonamides is 1. The Kier molecular flexibility index (Phi) is 7.09. The van der Waals surface area contributed by atoms with Crippen LogP contribution >= 0.6 is 0 Å². The second kappa shape index (κ2) is 10.8. The molecule has 1 aromatic heterocycles. The van der Waals surface area contributed by atoms with E-state index in [0.717, 1.165) is 22.1 Å². The van der Waals surface area contributed by atoms with E-state index in [0.29, 0.717) is 35.4 Å². The number of primary sulfonamides is 1. The van der Waals surface area contributed by atoms with E-state index >= 15 is 0 Å². The van der Waals surface area contributed by atoms with Crippen LogP contribution in [0.5, 0.6) is 0 Å². The zero-order chi connectivity index (χ0) is 26.5. The Morgan fingerprint density at radius 3 is 2.16 bits per heavy atom. The average Bonchev–Trinajstić information content (AvgIpc) is 3.36. The van der Waals surface area contributed by atoms with Gasteiger partial charge in [-0.1, -0.05) is 72.5 Å². The molecule has 5 aromatic rings. The largest absolute Gasteiger partial charge is 0.455 e. The van der Waals surface area contributed by atoms with E-state index in [9.17, 15) is 13.2 Å². The quantitative estimate of drug-likeness (QED) is 0.303. The van der Waals surface area contributed by atoms with Crippen molar-refractivity contribution < 1.29 is 17.6 Å². The van der Waals surface area contributed by atoms with E-state index in [1.807, 2.05) is 72.8 Å². The maximum Gasteiger partial charge on any atom is 0.255 e. The highest BCUT2D eigenvalue weighted by Gasteiger charge is 2.17. The maximum atomic E-state index is 13.3. The van der Waals surface area contributed by atoms with E-state index < -0.39 is 10.0 Å². The Morgan fingerprint density at radius 2 is 1.47 bits per heavy atom. The number of furan rings is 1. The van der Waals surface area contributed by atoms with Gasteiger partial charge in [-0.3, -0.25) is 4.79 Å². The molecule has 0 atom stereocenters. The van der Waals surface area contributed by atoms with E-state index in [1.165, 1.54) is 12.1 Å². The van der Waals surface area contributed by atoms with Crippen LogP contribution < -0.4 is 10.5 Å². The van der Waals surface area contributed by atoms with Gasteiger partial charge in [-0.25, -0.2) is 13.6 Å². The zero-order valence-electron chi connectivity index (χ0n) is 20.3. The normalized spacial score (nSPS) is 11.1. The molecule has 0 saturated carbocycles. The van der Waals surface area contributed by atoms with Gasteiger partial charge in [0.15, 0.2) is 0 Å². The van der Waals surface area contributed by atoms with Gasteiger partial charge in [-0.05, 0) is 54.4 Å². The highest BCUT2D eigenvalue weighted by atomic mass is 32.2. The number of amides is 1. The SMILES string of the molecule is NS(=O)(=O)c1ccc(CCNC(=O)c2cc(C#Cc3ccccc3)cc3cc(-c4ccccc4)oc23)cc1. The van der Waals surface area contributed by atoms with E-state index in [-0.39, 0.29) is 10.8 Å². The number of carbonyl (C=O) groups excluding carboxylic acids is 1. The molecule has 0 aliphatic carbocycles. The summed E-state index contributed by atoms with van der Waals surface area (Å²) in [5.74, 6) is 6.69. The third-order valence-electron chi connectivity index (χ3n) is 6.00. The zero-order valence-corrected chi connectivity index (χ0v) is 21.2. The first-order chi connectivity index (χ1) is 18.4. The summed E-state index contributed by atoms with van der Waals surface area (Å²) >= 11 is 0. The first kappa shape index (κ1) is 25.0. The van der Waals surface area contributed by atoms with Gasteiger partial charge in [0.25, 0.3) is 5.91 Å². The number of nitrogens with two attached hydrogens (primary N) is 1. The standard InChI is InChI=1S/C31H24N2O4S/c32-38(35,36)27-15-13-23(14-16-27)17-18-33-31(34)28-20-24(12-11-22-7-3-1-4-8-22)19-26-21-29(37-30(26)28)25-9-5-2-6-10-25/h1-10,13-16,19-21H,17-18H2,(H,33,34)(H2,32,35,36). The molecule has 0 bridgehead atoms. The first-order valence-corrected chi connectivity index (χ1v) is 13.5. The molecular formula is C31H24N2O4S. The second-order valence-corrected chi connectivity index (χ2v) is 10.3. The van der Waals surface area contributed by atoms with Gasteiger partial charge >= 0.3 is 0 Å². The van der Waals surface area contributed by atoms with E-state index in [2.05, 4.69) is 17.2 Å². The highest BCUT2D eigenvalue weighted by molar-refractivity contribution is 7.89. The van der Waals surface area contributed by atoms with Gasteiger partial charge in [0, 0.05) is 28.6 Å². The molecule has 0 spiro atoms. The van der Waals surface area contributed by atoms with Crippen LogP contribution in [0.2, 0.25) is 0 Å². The maximum absolute atomic E-state index is 13.3. The third-order valence-corrected chi connectivity index (χ3v) is 6.92. The number of rotatable bonds is 6. The fourth-order valence-electron chi connectivity index (χ4n) is 4.07. The van der Waals surface area contributed by atoms with Crippen LogP contribution in [0.4, 0.5) is 0 Å². The van der Waals surface area contributed by atoms with Crippen molar-refractivity contribution in [2.75, 3.05) is 6.54 Å². The van der Waals surface area contributed by atoms with Gasteiger partial charge in [-0.15, -0.1) is 0 Å². The van der Waals surface area contributed by atoms with Gasteiger partial charge in [0.1, 0.15) is 11.3 Å². The molecule has 4 aromatic carbocycles. The summed E-state index contributed by atoms with van der Waals surface area (Å²) in [6.45, 7) is 0.348. The summed E-state index contributed by atoms with van der Waals surface area (Å²) in [4.78, 5) is 13.3. The monoisotopic (exact) mass is 520 g/mol. The van der Waals surface area contributed by atoms with E-state index in [1.54, 1.807) is 18.2 Å². The topological polar surface area (TPSA) is 102 Å². The molecule has 0 saturated heterocycles. The molecular weight excluding hydrogens is 496 g/mol. The minimum absolute atomic E-state index is 0.0492. The Hall–Kier alpha value is -4.64. The minimum atomic E-state index is -3.75. The lowest BCUT2D eigenvalue weighted by Crippen LogP contribution is -2.26. The number of hydrogen-bond acceptors (Lipinski definition) is 4. The first-order valence-electron chi connectivity index (χ1n) is 12.0. The van der Waals surface area contributed by atoms with Crippen LogP contribution in [0.1, 0.15) is 27.0 Å². The lowest BCUT2D eigenvalue weighted by atomic mass is 10.1. The predicted octanol–water partition coefficient (Wildman–Crippen LogP) is 5.12. The van der Waals surface area contributed by atoms with Crippen molar-refractivity contribution in [2.24, 2.45) is 5.14 Å². The lowest BCUT2D eigenvalue weighted by Gasteiger charge is -2.07. The fourth-order valence-corrected chi connectivity index (χ4v) is 4.58. The van der Waals surface area contributed by atoms with Gasteiger partial charge < -0.3 is 9.73 Å². The molecule has 1 heterocycles. The van der Waals surface area contributed by atoms with Gasteiger partial charge in [-0.2, -0.15) is 0 Å². The third kappa shape index (κ3) is 5.84. The second-order valence-electron chi connectivity index (χ2n) is 8.73. The Balaban J connectivity index is 1.42. The summed E-state index contributed by atoms with van der Waals surface area (Å²) in [6.07, 6.45) is 0.515. The summed E-state index contributed by atoms with van der Waals surface area (Å²) < 4.78 is 29.1. The molecule has 188 valence electrons.